The zero-order valence-corrected chi connectivity index (χ0v) is 21.2. The van der Waals surface area contributed by atoms with Gasteiger partial charge in [0.1, 0.15) is 7.05 Å². The van der Waals surface area contributed by atoms with E-state index in [9.17, 15) is 0 Å². The van der Waals surface area contributed by atoms with E-state index in [2.05, 4.69) is 101 Å². The molecule has 0 amide bonds. The lowest BCUT2D eigenvalue weighted by Gasteiger charge is -1.95. The van der Waals surface area contributed by atoms with Crippen LogP contribution in [0.3, 0.4) is 0 Å². The molecule has 2 aliphatic rings. The van der Waals surface area contributed by atoms with Crippen LogP contribution in [0.25, 0.3) is 44.4 Å². The normalized spacial score (nSPS) is 14.0. The fourth-order valence-corrected chi connectivity index (χ4v) is 4.99. The van der Waals surface area contributed by atoms with Gasteiger partial charge >= 0.3 is 0 Å². The highest BCUT2D eigenvalue weighted by atomic mass is 15.0. The van der Waals surface area contributed by atoms with Crippen molar-refractivity contribution in [3.05, 3.63) is 69.3 Å². The fourth-order valence-electron chi connectivity index (χ4n) is 4.99. The average Bonchev–Trinajstić information content (AvgIpc) is 3.37. The summed E-state index contributed by atoms with van der Waals surface area (Å²) in [5.74, 6) is 0. The van der Waals surface area contributed by atoms with Crippen LogP contribution in [0.2, 0.25) is 0 Å². The summed E-state index contributed by atoms with van der Waals surface area (Å²) < 4.78 is 2.30. The standard InChI is InChI=1S/C29H32N4/c1-14-15(2)23-11-25-17(4)19(6)27(32-25)13-29-21(8)20(7)28(33(29)9)12-26-18(5)16(3)24(31-26)10-22(14)30-23/h10-13H,1-9H3,(H,30,31,32)/p+1. The number of hydrogen-bond acceptors (Lipinski definition) is 1. The third kappa shape index (κ3) is 3.12. The van der Waals surface area contributed by atoms with E-state index in [4.69, 9.17) is 4.98 Å². The third-order valence-electron chi connectivity index (χ3n) is 8.03. The quantitative estimate of drug-likeness (QED) is 0.370. The molecule has 0 spiro atoms. The molecule has 2 N–H and O–H groups in total. The van der Waals surface area contributed by atoms with Gasteiger partial charge in [-0.2, -0.15) is 4.57 Å². The van der Waals surface area contributed by atoms with Crippen molar-refractivity contribution in [2.45, 2.75) is 55.4 Å². The van der Waals surface area contributed by atoms with Crippen molar-refractivity contribution < 1.29 is 4.57 Å². The van der Waals surface area contributed by atoms with E-state index < -0.39 is 0 Å². The van der Waals surface area contributed by atoms with Gasteiger partial charge in [0, 0.05) is 45.3 Å². The minimum atomic E-state index is 1.03. The highest BCUT2D eigenvalue weighted by Gasteiger charge is 2.26. The number of H-pyrrole nitrogens is 2. The molecule has 2 aliphatic heterocycles. The Morgan fingerprint density at radius 3 is 1.42 bits per heavy atom. The molecule has 5 rings (SSSR count). The first-order valence-electron chi connectivity index (χ1n) is 11.7. The zero-order chi connectivity index (χ0) is 23.8. The number of fused-ring (bicyclic) bond motifs is 8. The fraction of sp³-hybridized carbons (Fsp3) is 0.310. The first kappa shape index (κ1) is 21.4. The summed E-state index contributed by atoms with van der Waals surface area (Å²) in [5, 5.41) is 0. The van der Waals surface area contributed by atoms with Gasteiger partial charge in [-0.1, -0.05) is 0 Å². The van der Waals surface area contributed by atoms with Gasteiger partial charge in [0.2, 0.25) is 11.4 Å². The molecule has 8 bridgehead atoms. The number of allylic oxidation sites excluding steroid dienone is 4. The van der Waals surface area contributed by atoms with Gasteiger partial charge in [0.25, 0.3) is 0 Å². The molecule has 0 aromatic carbocycles. The highest BCUT2D eigenvalue weighted by molar-refractivity contribution is 5.93. The minimum Gasteiger partial charge on any atom is -0.355 e. The van der Waals surface area contributed by atoms with Gasteiger partial charge in [0.05, 0.1) is 11.4 Å². The maximum Gasteiger partial charge on any atom is 0.211 e. The molecule has 0 fully saturated rings. The Kier molecular flexibility index (Phi) is 4.75. The van der Waals surface area contributed by atoms with Gasteiger partial charge in [-0.05, 0) is 101 Å². The monoisotopic (exact) mass is 437 g/mol. The van der Waals surface area contributed by atoms with Crippen molar-refractivity contribution in [3.8, 4) is 0 Å². The molecule has 0 saturated carbocycles. The maximum absolute atomic E-state index is 5.06. The van der Waals surface area contributed by atoms with E-state index in [0.717, 1.165) is 33.5 Å². The number of nitrogens with one attached hydrogen (secondary N) is 2. The first-order valence-corrected chi connectivity index (χ1v) is 11.7. The molecule has 3 aromatic heterocycles. The van der Waals surface area contributed by atoms with Crippen molar-refractivity contribution in [2.24, 2.45) is 7.05 Å². The average molecular weight is 438 g/mol. The highest BCUT2D eigenvalue weighted by Crippen LogP contribution is 2.33. The summed E-state index contributed by atoms with van der Waals surface area (Å²) in [6.07, 6.45) is 0. The van der Waals surface area contributed by atoms with Gasteiger partial charge in [-0.25, -0.2) is 4.98 Å². The molecule has 4 heteroatoms. The number of rotatable bonds is 0. The summed E-state index contributed by atoms with van der Waals surface area (Å²) in [4.78, 5) is 12.4. The predicted octanol–water partition coefficient (Wildman–Crippen LogP) is 6.88. The molecule has 0 radical (unpaired) electrons. The van der Waals surface area contributed by atoms with E-state index in [1.54, 1.807) is 0 Å². The third-order valence-corrected chi connectivity index (χ3v) is 8.03. The first-order chi connectivity index (χ1) is 15.6. The van der Waals surface area contributed by atoms with Crippen LogP contribution in [-0.4, -0.2) is 15.0 Å². The van der Waals surface area contributed by atoms with Gasteiger partial charge in [0.15, 0.2) is 0 Å². The Morgan fingerprint density at radius 1 is 0.515 bits per heavy atom. The van der Waals surface area contributed by atoms with Gasteiger partial charge in [-0.15, -0.1) is 0 Å². The second kappa shape index (κ2) is 7.31. The van der Waals surface area contributed by atoms with Crippen molar-refractivity contribution in [2.75, 3.05) is 0 Å². The molecule has 4 nitrogen and oxygen atoms in total. The lowest BCUT2D eigenvalue weighted by molar-refractivity contribution is -0.672. The number of hydrogen-bond donors (Lipinski definition) is 2. The lowest BCUT2D eigenvalue weighted by Crippen LogP contribution is -2.32. The Morgan fingerprint density at radius 2 is 0.909 bits per heavy atom. The summed E-state index contributed by atoms with van der Waals surface area (Å²) in [6, 6.07) is 8.98. The maximum atomic E-state index is 5.06. The molecule has 5 heterocycles. The molecule has 33 heavy (non-hydrogen) atoms. The van der Waals surface area contributed by atoms with Crippen LogP contribution in [0, 0.1) is 27.7 Å². The Balaban J connectivity index is 2.03. The van der Waals surface area contributed by atoms with E-state index >= 15 is 0 Å². The Bertz CT molecular complexity index is 1590. The molecular weight excluding hydrogens is 404 g/mol. The summed E-state index contributed by atoms with van der Waals surface area (Å²) in [5.41, 5.74) is 19.3. The predicted molar refractivity (Wildman–Crippen MR) is 140 cm³/mol. The molecular formula is C29H33N4+. The number of nitrogens with zero attached hydrogens (tertiary/aromatic N) is 2. The van der Waals surface area contributed by atoms with Crippen LogP contribution in [0.4, 0.5) is 0 Å². The van der Waals surface area contributed by atoms with Crippen LogP contribution in [0.1, 0.15) is 72.7 Å². The smallest absolute Gasteiger partial charge is 0.211 e. The van der Waals surface area contributed by atoms with E-state index in [-0.39, 0.29) is 0 Å². The van der Waals surface area contributed by atoms with Crippen molar-refractivity contribution in [1.82, 2.24) is 15.0 Å². The van der Waals surface area contributed by atoms with Crippen molar-refractivity contribution in [1.29, 1.82) is 0 Å². The molecule has 0 unspecified atom stereocenters. The number of aryl methyl sites for hydroxylation is 4. The summed E-state index contributed by atoms with van der Waals surface area (Å²) >= 11 is 0. The van der Waals surface area contributed by atoms with Crippen LogP contribution in [0.15, 0.2) is 24.3 Å². The summed E-state index contributed by atoms with van der Waals surface area (Å²) in [6.45, 7) is 17.6. The number of aromatic amines is 2. The van der Waals surface area contributed by atoms with Crippen LogP contribution < -0.4 is 4.57 Å². The Hall–Kier alpha value is -3.40. The van der Waals surface area contributed by atoms with Crippen LogP contribution >= 0.6 is 0 Å². The SMILES string of the molecule is CC1=C(C)c2cc3[nH]c(cc4[nH]c(cc5[n+](C)c(cc1n2)C(C)=C5C)c(C)c4C)c(C)c3C. The molecule has 0 aliphatic carbocycles. The molecule has 3 aromatic rings. The molecule has 168 valence electrons. The minimum absolute atomic E-state index is 1.03. The molecule has 0 saturated heterocycles. The van der Waals surface area contributed by atoms with Crippen molar-refractivity contribution >= 4 is 44.4 Å². The van der Waals surface area contributed by atoms with Gasteiger partial charge in [-0.3, -0.25) is 0 Å². The lowest BCUT2D eigenvalue weighted by atomic mass is 10.1. The molecule has 0 atom stereocenters. The van der Waals surface area contributed by atoms with Crippen molar-refractivity contribution in [3.63, 3.8) is 0 Å². The van der Waals surface area contributed by atoms with Gasteiger partial charge < -0.3 is 9.97 Å². The van der Waals surface area contributed by atoms with Crippen LogP contribution in [-0.2, 0) is 7.05 Å². The van der Waals surface area contributed by atoms with Crippen LogP contribution in [0.5, 0.6) is 0 Å². The second-order valence-electron chi connectivity index (χ2n) is 9.69. The largest absolute Gasteiger partial charge is 0.355 e. The summed E-state index contributed by atoms with van der Waals surface area (Å²) in [7, 11) is 2.16. The number of aromatic nitrogens is 4. The zero-order valence-electron chi connectivity index (χ0n) is 21.2. The topological polar surface area (TPSA) is 48.4 Å². The van der Waals surface area contributed by atoms with E-state index in [1.807, 2.05) is 0 Å². The second-order valence-corrected chi connectivity index (χ2v) is 9.69. The Labute approximate surface area is 195 Å². The van der Waals surface area contributed by atoms with E-state index in [0.29, 0.717) is 0 Å². The van der Waals surface area contributed by atoms with E-state index in [1.165, 1.54) is 55.9 Å².